The van der Waals surface area contributed by atoms with Crippen molar-refractivity contribution in [2.24, 2.45) is 0 Å². The Hall–Kier alpha value is -2.00. The fourth-order valence-corrected chi connectivity index (χ4v) is 3.04. The molecule has 0 saturated carbocycles. The van der Waals surface area contributed by atoms with Gasteiger partial charge in [-0.15, -0.1) is 11.4 Å². The highest BCUT2D eigenvalue weighted by Gasteiger charge is 2.04. The van der Waals surface area contributed by atoms with Crippen molar-refractivity contribution in [1.29, 1.82) is 0 Å². The van der Waals surface area contributed by atoms with Crippen LogP contribution >= 0.6 is 15.9 Å². The molecular formula is C17H11BrN2-2. The predicted molar refractivity (Wildman–Crippen MR) is 86.9 cm³/mol. The molecule has 0 unspecified atom stereocenters. The summed E-state index contributed by atoms with van der Waals surface area (Å²) in [6, 6.07) is 20.6. The summed E-state index contributed by atoms with van der Waals surface area (Å²) >= 11 is 3.51. The lowest BCUT2D eigenvalue weighted by Gasteiger charge is -2.52. The lowest BCUT2D eigenvalue weighted by Crippen LogP contribution is -1.98. The van der Waals surface area contributed by atoms with E-state index in [1.807, 2.05) is 24.3 Å². The molecular weight excluding hydrogens is 312 g/mol. The predicted octanol–water partition coefficient (Wildman–Crippen LogP) is 6.33. The lowest BCUT2D eigenvalue weighted by molar-refractivity contribution is 0.998. The molecule has 0 saturated heterocycles. The zero-order valence-electron chi connectivity index (χ0n) is 10.6. The summed E-state index contributed by atoms with van der Waals surface area (Å²) in [5.41, 5.74) is 3.15. The fourth-order valence-electron chi connectivity index (χ4n) is 2.63. The molecule has 0 atom stereocenters. The quantitative estimate of drug-likeness (QED) is 0.501. The number of nitrogens with zero attached hydrogens (tertiary/aromatic N) is 2. The third kappa shape index (κ3) is 1.86. The lowest BCUT2D eigenvalue weighted by atomic mass is 10.0. The van der Waals surface area contributed by atoms with Crippen LogP contribution in [0.5, 0.6) is 0 Å². The van der Waals surface area contributed by atoms with Gasteiger partial charge in [-0.25, -0.2) is 0 Å². The molecule has 1 aliphatic heterocycles. The van der Waals surface area contributed by atoms with Crippen molar-refractivity contribution in [3.8, 4) is 0 Å². The number of halogens is 1. The summed E-state index contributed by atoms with van der Waals surface area (Å²) in [4.78, 5) is 0. The molecule has 4 rings (SSSR count). The normalized spacial score (nSPS) is 13.8. The Balaban J connectivity index is 1.83. The summed E-state index contributed by atoms with van der Waals surface area (Å²) in [6.07, 6.45) is -0.159. The van der Waals surface area contributed by atoms with Gasteiger partial charge >= 0.3 is 0 Å². The van der Waals surface area contributed by atoms with Gasteiger partial charge in [0.15, 0.2) is 0 Å². The van der Waals surface area contributed by atoms with Crippen molar-refractivity contribution >= 4 is 38.1 Å². The fraction of sp³-hybridized carbons (Fsp3) is 0.0588. The molecule has 0 aromatic heterocycles. The van der Waals surface area contributed by atoms with Gasteiger partial charge in [0.25, 0.3) is 0 Å². The van der Waals surface area contributed by atoms with Crippen molar-refractivity contribution in [1.82, 2.24) is 0 Å². The van der Waals surface area contributed by atoms with E-state index < -0.39 is 0 Å². The zero-order valence-corrected chi connectivity index (χ0v) is 12.2. The molecule has 20 heavy (non-hydrogen) atoms. The average Bonchev–Trinajstić information content (AvgIpc) is 2.48. The Bertz CT molecular complexity index is 757. The van der Waals surface area contributed by atoms with E-state index in [9.17, 15) is 0 Å². The van der Waals surface area contributed by atoms with Crippen LogP contribution in [0.4, 0.5) is 11.4 Å². The maximum atomic E-state index is 4.79. The van der Waals surface area contributed by atoms with E-state index in [1.165, 1.54) is 5.39 Å². The SMILES string of the molecule is Brc1cccc(C2[N-]c3cccc4cccc(c34)[N-]2)c1. The molecule has 1 heterocycles. The Morgan fingerprint density at radius 2 is 1.45 bits per heavy atom. The van der Waals surface area contributed by atoms with E-state index in [4.69, 9.17) is 10.6 Å². The number of rotatable bonds is 1. The van der Waals surface area contributed by atoms with E-state index in [0.29, 0.717) is 0 Å². The van der Waals surface area contributed by atoms with E-state index in [1.54, 1.807) is 0 Å². The summed E-state index contributed by atoms with van der Waals surface area (Å²) in [5, 5.41) is 11.9. The first kappa shape index (κ1) is 11.8. The van der Waals surface area contributed by atoms with Crippen molar-refractivity contribution in [3.63, 3.8) is 0 Å². The molecule has 3 aromatic rings. The highest BCUT2D eigenvalue weighted by Crippen LogP contribution is 2.51. The van der Waals surface area contributed by atoms with Crippen LogP contribution in [0.2, 0.25) is 0 Å². The highest BCUT2D eigenvalue weighted by atomic mass is 79.9. The molecule has 1 aliphatic rings. The number of benzene rings is 3. The standard InChI is InChI=1S/C17H11BrN2/c18-13-7-1-6-12(10-13)17-19-14-8-2-4-11-5-3-9-15(20-17)16(11)14/h1-10,17H/q-2. The Morgan fingerprint density at radius 3 is 2.10 bits per heavy atom. The molecule has 0 fully saturated rings. The van der Waals surface area contributed by atoms with Crippen LogP contribution in [0.1, 0.15) is 11.7 Å². The minimum absolute atomic E-state index is 0.159. The number of hydrogen-bond donors (Lipinski definition) is 0. The summed E-state index contributed by atoms with van der Waals surface area (Å²) in [5.74, 6) is 0. The van der Waals surface area contributed by atoms with Crippen LogP contribution in [0.25, 0.3) is 21.4 Å². The number of hydrogen-bond acceptors (Lipinski definition) is 0. The molecule has 0 aliphatic carbocycles. The van der Waals surface area contributed by atoms with E-state index in [0.717, 1.165) is 26.8 Å². The molecule has 0 spiro atoms. The molecule has 0 amide bonds. The van der Waals surface area contributed by atoms with Gasteiger partial charge in [0.1, 0.15) is 0 Å². The first-order valence-corrected chi connectivity index (χ1v) is 7.29. The summed E-state index contributed by atoms with van der Waals surface area (Å²) < 4.78 is 1.05. The Kier molecular flexibility index (Phi) is 2.67. The van der Waals surface area contributed by atoms with Crippen LogP contribution in [-0.4, -0.2) is 0 Å². The third-order valence-corrected chi connectivity index (χ3v) is 4.02. The minimum atomic E-state index is -0.159. The van der Waals surface area contributed by atoms with Gasteiger partial charge in [-0.3, -0.25) is 0 Å². The largest absolute Gasteiger partial charge is 0.693 e. The third-order valence-electron chi connectivity index (χ3n) is 3.53. The maximum absolute atomic E-state index is 4.79. The molecule has 2 nitrogen and oxygen atoms in total. The van der Waals surface area contributed by atoms with Crippen LogP contribution in [0, 0.1) is 0 Å². The van der Waals surface area contributed by atoms with Crippen LogP contribution < -0.4 is 0 Å². The topological polar surface area (TPSA) is 28.2 Å². The van der Waals surface area contributed by atoms with E-state index in [2.05, 4.69) is 52.3 Å². The molecule has 0 radical (unpaired) electrons. The highest BCUT2D eigenvalue weighted by molar-refractivity contribution is 9.10. The smallest absolute Gasteiger partial charge is 0.0176 e. The second kappa shape index (κ2) is 4.53. The van der Waals surface area contributed by atoms with Gasteiger partial charge < -0.3 is 10.6 Å². The molecule has 3 aromatic carbocycles. The van der Waals surface area contributed by atoms with Gasteiger partial charge in [0.05, 0.1) is 0 Å². The monoisotopic (exact) mass is 322 g/mol. The first-order valence-electron chi connectivity index (χ1n) is 6.50. The molecule has 0 N–H and O–H groups in total. The van der Waals surface area contributed by atoms with Gasteiger partial charge in [-0.05, 0) is 22.9 Å². The maximum Gasteiger partial charge on any atom is 0.0176 e. The van der Waals surface area contributed by atoms with Gasteiger partial charge in [-0.1, -0.05) is 70.0 Å². The molecule has 0 bridgehead atoms. The van der Waals surface area contributed by atoms with E-state index >= 15 is 0 Å². The van der Waals surface area contributed by atoms with Crippen molar-refractivity contribution in [3.05, 3.63) is 81.3 Å². The van der Waals surface area contributed by atoms with Crippen molar-refractivity contribution in [2.75, 3.05) is 0 Å². The minimum Gasteiger partial charge on any atom is -0.693 e. The van der Waals surface area contributed by atoms with Gasteiger partial charge in [-0.2, -0.15) is 6.17 Å². The van der Waals surface area contributed by atoms with Crippen LogP contribution in [-0.2, 0) is 0 Å². The van der Waals surface area contributed by atoms with Crippen LogP contribution in [0.15, 0.2) is 65.1 Å². The van der Waals surface area contributed by atoms with Gasteiger partial charge in [0, 0.05) is 4.47 Å². The first-order chi connectivity index (χ1) is 9.81. The Morgan fingerprint density at radius 1 is 0.800 bits per heavy atom. The summed E-state index contributed by atoms with van der Waals surface area (Å²) in [7, 11) is 0. The summed E-state index contributed by atoms with van der Waals surface area (Å²) in [6.45, 7) is 0. The second-order valence-corrected chi connectivity index (χ2v) is 5.75. The van der Waals surface area contributed by atoms with Crippen LogP contribution in [0.3, 0.4) is 0 Å². The van der Waals surface area contributed by atoms with Crippen molar-refractivity contribution in [2.45, 2.75) is 6.17 Å². The Labute approximate surface area is 125 Å². The van der Waals surface area contributed by atoms with E-state index in [-0.39, 0.29) is 6.17 Å². The van der Waals surface area contributed by atoms with Crippen molar-refractivity contribution < 1.29 is 0 Å². The zero-order chi connectivity index (χ0) is 13.5. The molecule has 3 heteroatoms. The second-order valence-electron chi connectivity index (χ2n) is 4.84. The average molecular weight is 323 g/mol. The van der Waals surface area contributed by atoms with Gasteiger partial charge in [0.2, 0.25) is 0 Å². The molecule has 98 valence electrons.